The summed E-state index contributed by atoms with van der Waals surface area (Å²) in [6.07, 6.45) is 0. The van der Waals surface area contributed by atoms with Gasteiger partial charge in [-0.2, -0.15) is 0 Å². The monoisotopic (exact) mass is 291 g/mol. The van der Waals surface area contributed by atoms with Gasteiger partial charge in [-0.05, 0) is 13.0 Å². The van der Waals surface area contributed by atoms with Gasteiger partial charge < -0.3 is 10.7 Å². The Bertz CT molecular complexity index is 679. The van der Waals surface area contributed by atoms with E-state index < -0.39 is 0 Å². The van der Waals surface area contributed by atoms with Crippen LogP contribution in [0.3, 0.4) is 0 Å². The van der Waals surface area contributed by atoms with Crippen LogP contribution in [0.4, 0.5) is 0 Å². The van der Waals surface area contributed by atoms with E-state index in [0.717, 1.165) is 17.0 Å². The van der Waals surface area contributed by atoms with Crippen LogP contribution in [0.2, 0.25) is 0 Å². The number of aryl methyl sites for hydroxylation is 1. The second kappa shape index (κ2) is 6.57. The smallest absolute Gasteiger partial charge is 0.251 e. The lowest BCUT2D eigenvalue weighted by Crippen LogP contribution is -2.07. The van der Waals surface area contributed by atoms with Crippen LogP contribution in [-0.2, 0) is 5.75 Å². The fourth-order valence-electron chi connectivity index (χ4n) is 1.43. The molecule has 0 aliphatic carbocycles. The number of aromatic nitrogens is 2. The van der Waals surface area contributed by atoms with Crippen molar-refractivity contribution in [3.8, 4) is 11.8 Å². The molecule has 4 nitrogen and oxygen atoms in total. The fourth-order valence-corrected chi connectivity index (χ4v) is 3.23. The van der Waals surface area contributed by atoms with Crippen molar-refractivity contribution in [2.45, 2.75) is 17.8 Å². The number of nitrogens with one attached hydrogen (secondary N) is 1. The molecule has 2 aromatic heterocycles. The van der Waals surface area contributed by atoms with Crippen LogP contribution in [0.15, 0.2) is 27.5 Å². The van der Waals surface area contributed by atoms with Crippen molar-refractivity contribution >= 4 is 23.1 Å². The Labute approximate surface area is 119 Å². The summed E-state index contributed by atoms with van der Waals surface area (Å²) in [5, 5.41) is 2.65. The number of nitrogens with two attached hydrogens (primary N) is 1. The summed E-state index contributed by atoms with van der Waals surface area (Å²) in [5.41, 5.74) is 6.93. The largest absolute Gasteiger partial charge is 0.320 e. The van der Waals surface area contributed by atoms with Crippen molar-refractivity contribution in [2.75, 3.05) is 6.54 Å². The zero-order valence-electron chi connectivity index (χ0n) is 10.4. The van der Waals surface area contributed by atoms with Gasteiger partial charge in [0.25, 0.3) is 5.56 Å². The minimum Gasteiger partial charge on any atom is -0.320 e. The SMILES string of the molecule is Cc1cc(=O)[nH]c(SCc2cc(C#CCN)cs2)n1. The number of H-pyrrole nitrogens is 1. The molecule has 2 aromatic rings. The first kappa shape index (κ1) is 13.9. The molecule has 2 rings (SSSR count). The Morgan fingerprint density at radius 1 is 1.53 bits per heavy atom. The van der Waals surface area contributed by atoms with Crippen molar-refractivity contribution in [2.24, 2.45) is 5.73 Å². The highest BCUT2D eigenvalue weighted by molar-refractivity contribution is 7.98. The normalized spacial score (nSPS) is 10.0. The van der Waals surface area contributed by atoms with Gasteiger partial charge in [0.2, 0.25) is 0 Å². The van der Waals surface area contributed by atoms with Crippen LogP contribution in [0, 0.1) is 18.8 Å². The quantitative estimate of drug-likeness (QED) is 0.513. The zero-order valence-corrected chi connectivity index (χ0v) is 12.0. The molecule has 0 saturated heterocycles. The first-order chi connectivity index (χ1) is 9.17. The van der Waals surface area contributed by atoms with Gasteiger partial charge in [0.1, 0.15) is 0 Å². The Morgan fingerprint density at radius 3 is 3.11 bits per heavy atom. The van der Waals surface area contributed by atoms with E-state index in [4.69, 9.17) is 5.73 Å². The average molecular weight is 291 g/mol. The van der Waals surface area contributed by atoms with Crippen molar-refractivity contribution in [3.05, 3.63) is 44.0 Å². The molecular formula is C13H13N3OS2. The minimum absolute atomic E-state index is 0.115. The van der Waals surface area contributed by atoms with Crippen LogP contribution >= 0.6 is 23.1 Å². The van der Waals surface area contributed by atoms with Crippen molar-refractivity contribution in [1.82, 2.24) is 9.97 Å². The molecule has 3 N–H and O–H groups in total. The van der Waals surface area contributed by atoms with Crippen molar-refractivity contribution in [1.29, 1.82) is 0 Å². The lowest BCUT2D eigenvalue weighted by molar-refractivity contribution is 0.905. The van der Waals surface area contributed by atoms with E-state index in [1.54, 1.807) is 11.3 Å². The van der Waals surface area contributed by atoms with Gasteiger partial charge in [-0.3, -0.25) is 4.79 Å². The van der Waals surface area contributed by atoms with E-state index in [1.807, 2.05) is 18.4 Å². The highest BCUT2D eigenvalue weighted by atomic mass is 32.2. The molecule has 0 unspecified atom stereocenters. The summed E-state index contributed by atoms with van der Waals surface area (Å²) in [5.74, 6) is 6.58. The van der Waals surface area contributed by atoms with E-state index >= 15 is 0 Å². The molecule has 0 radical (unpaired) electrons. The molecule has 0 aliphatic heterocycles. The van der Waals surface area contributed by atoms with Crippen molar-refractivity contribution < 1.29 is 0 Å². The molecule has 0 atom stereocenters. The Morgan fingerprint density at radius 2 is 2.37 bits per heavy atom. The van der Waals surface area contributed by atoms with Crippen molar-refractivity contribution in [3.63, 3.8) is 0 Å². The summed E-state index contributed by atoms with van der Waals surface area (Å²) in [7, 11) is 0. The summed E-state index contributed by atoms with van der Waals surface area (Å²) in [6, 6.07) is 3.52. The van der Waals surface area contributed by atoms with Crippen LogP contribution < -0.4 is 11.3 Å². The zero-order chi connectivity index (χ0) is 13.7. The van der Waals surface area contributed by atoms with Crippen LogP contribution in [-0.4, -0.2) is 16.5 Å². The number of thiophene rings is 1. The highest BCUT2D eigenvalue weighted by Gasteiger charge is 2.02. The minimum atomic E-state index is -0.115. The lowest BCUT2D eigenvalue weighted by Gasteiger charge is -1.99. The molecular weight excluding hydrogens is 278 g/mol. The molecule has 98 valence electrons. The topological polar surface area (TPSA) is 71.8 Å². The van der Waals surface area contributed by atoms with E-state index in [1.165, 1.54) is 22.7 Å². The predicted octanol–water partition coefficient (Wildman–Crippen LogP) is 1.74. The maximum absolute atomic E-state index is 11.3. The first-order valence-corrected chi connectivity index (χ1v) is 7.51. The lowest BCUT2D eigenvalue weighted by atomic mass is 10.3. The first-order valence-electron chi connectivity index (χ1n) is 5.64. The molecule has 6 heteroatoms. The van der Waals surface area contributed by atoms with E-state index in [-0.39, 0.29) is 5.56 Å². The number of aromatic amines is 1. The van der Waals surface area contributed by atoms with Gasteiger partial charge in [-0.25, -0.2) is 4.98 Å². The van der Waals surface area contributed by atoms with Crippen LogP contribution in [0.1, 0.15) is 16.1 Å². The molecule has 0 amide bonds. The Kier molecular flexibility index (Phi) is 4.80. The molecule has 2 heterocycles. The number of hydrogen-bond donors (Lipinski definition) is 2. The maximum atomic E-state index is 11.3. The van der Waals surface area contributed by atoms with E-state index in [9.17, 15) is 4.79 Å². The van der Waals surface area contributed by atoms with Gasteiger partial charge in [-0.15, -0.1) is 11.3 Å². The summed E-state index contributed by atoms with van der Waals surface area (Å²) in [4.78, 5) is 19.5. The standard InChI is InChI=1S/C13H13N3OS2/c1-9-5-12(17)16-13(15-9)19-8-11-6-10(7-18-11)3-2-4-14/h5-7H,4,8,14H2,1H3,(H,15,16,17). The number of nitrogens with zero attached hydrogens (tertiary/aromatic N) is 1. The Balaban J connectivity index is 2.02. The van der Waals surface area contributed by atoms with E-state index in [0.29, 0.717) is 11.7 Å². The molecule has 19 heavy (non-hydrogen) atoms. The van der Waals surface area contributed by atoms with Crippen LogP contribution in [0.5, 0.6) is 0 Å². The van der Waals surface area contributed by atoms with Gasteiger partial charge in [-0.1, -0.05) is 23.6 Å². The van der Waals surface area contributed by atoms with Gasteiger partial charge in [0.05, 0.1) is 6.54 Å². The Hall–Kier alpha value is -1.55. The number of thioether (sulfide) groups is 1. The highest BCUT2D eigenvalue weighted by Crippen LogP contribution is 2.23. The predicted molar refractivity (Wildman–Crippen MR) is 79.4 cm³/mol. The number of rotatable bonds is 3. The second-order valence-corrected chi connectivity index (χ2v) is 5.75. The molecule has 0 aromatic carbocycles. The summed E-state index contributed by atoms with van der Waals surface area (Å²) < 4.78 is 0. The number of hydrogen-bond acceptors (Lipinski definition) is 5. The third kappa shape index (κ3) is 4.24. The van der Waals surface area contributed by atoms with Gasteiger partial charge >= 0.3 is 0 Å². The second-order valence-electron chi connectivity index (χ2n) is 3.79. The molecule has 0 aliphatic rings. The maximum Gasteiger partial charge on any atom is 0.251 e. The van der Waals surface area contributed by atoms with Crippen LogP contribution in [0.25, 0.3) is 0 Å². The average Bonchev–Trinajstić information content (AvgIpc) is 2.81. The third-order valence-corrected chi connectivity index (χ3v) is 4.23. The van der Waals surface area contributed by atoms with E-state index in [2.05, 4.69) is 21.8 Å². The van der Waals surface area contributed by atoms with Gasteiger partial charge in [0, 0.05) is 33.3 Å². The summed E-state index contributed by atoms with van der Waals surface area (Å²) in [6.45, 7) is 2.18. The molecule has 0 saturated carbocycles. The van der Waals surface area contributed by atoms with Gasteiger partial charge in [0.15, 0.2) is 5.16 Å². The fraction of sp³-hybridized carbons (Fsp3) is 0.231. The molecule has 0 fully saturated rings. The molecule has 0 bridgehead atoms. The third-order valence-electron chi connectivity index (χ3n) is 2.19. The molecule has 0 spiro atoms. The summed E-state index contributed by atoms with van der Waals surface area (Å²) >= 11 is 3.15.